The molecule has 7 nitrogen and oxygen atoms in total. The highest BCUT2D eigenvalue weighted by Gasteiger charge is 2.09. The molecule has 0 aliphatic rings. The first-order chi connectivity index (χ1) is 11.0. The molecule has 0 atom stereocenters. The third kappa shape index (κ3) is 4.93. The number of carbonyl (C=O) groups excluding carboxylic acids is 2. The molecule has 3 N–H and O–H groups in total. The van der Waals surface area contributed by atoms with E-state index in [4.69, 9.17) is 4.42 Å². The number of hydrazone groups is 1. The molecule has 1 aromatic heterocycles. The summed E-state index contributed by atoms with van der Waals surface area (Å²) in [5.41, 5.74) is 2.93. The van der Waals surface area contributed by atoms with Gasteiger partial charge in [-0.15, -0.1) is 0 Å². The summed E-state index contributed by atoms with van der Waals surface area (Å²) in [7, 11) is 0. The fraction of sp³-hybridized carbons (Fsp3) is 0.0714. The van der Waals surface area contributed by atoms with E-state index in [1.54, 1.807) is 18.2 Å². The highest BCUT2D eigenvalue weighted by Crippen LogP contribution is 2.32. The van der Waals surface area contributed by atoms with Crippen molar-refractivity contribution in [3.05, 3.63) is 50.8 Å². The van der Waals surface area contributed by atoms with Gasteiger partial charge in [0.25, 0.3) is 11.8 Å². The lowest BCUT2D eigenvalue weighted by Crippen LogP contribution is -2.34. The Labute approximate surface area is 148 Å². The largest absolute Gasteiger partial charge is 0.506 e. The molecule has 120 valence electrons. The SMILES string of the molecule is O=C(CNC(=O)c1ccco1)N/N=C\c1cc(Br)c(O)c(Br)c1. The lowest BCUT2D eigenvalue weighted by atomic mass is 10.2. The molecule has 0 fully saturated rings. The first-order valence-corrected chi connectivity index (χ1v) is 7.87. The number of aromatic hydroxyl groups is 1. The van der Waals surface area contributed by atoms with Gasteiger partial charge in [0.05, 0.1) is 28.0 Å². The number of nitrogens with one attached hydrogen (secondary N) is 2. The van der Waals surface area contributed by atoms with Crippen LogP contribution in [0.25, 0.3) is 0 Å². The minimum atomic E-state index is -0.488. The molecule has 2 rings (SSSR count). The second-order valence-corrected chi connectivity index (χ2v) is 5.99. The Morgan fingerprint density at radius 1 is 1.30 bits per heavy atom. The summed E-state index contributed by atoms with van der Waals surface area (Å²) in [6.07, 6.45) is 2.77. The van der Waals surface area contributed by atoms with Gasteiger partial charge in [-0.25, -0.2) is 5.43 Å². The zero-order valence-electron chi connectivity index (χ0n) is 11.5. The molecule has 0 saturated heterocycles. The van der Waals surface area contributed by atoms with E-state index in [2.05, 4.69) is 47.7 Å². The molecule has 0 radical (unpaired) electrons. The number of phenols is 1. The van der Waals surface area contributed by atoms with Crippen LogP contribution < -0.4 is 10.7 Å². The van der Waals surface area contributed by atoms with Gasteiger partial charge in [0.15, 0.2) is 5.76 Å². The van der Waals surface area contributed by atoms with E-state index in [0.717, 1.165) is 0 Å². The lowest BCUT2D eigenvalue weighted by molar-refractivity contribution is -0.120. The smallest absolute Gasteiger partial charge is 0.287 e. The quantitative estimate of drug-likeness (QED) is 0.486. The molecular weight excluding hydrogens is 434 g/mol. The standard InChI is InChI=1S/C14H11Br2N3O4/c15-9-4-8(5-10(16)13(9)21)6-18-19-12(20)7-17-14(22)11-2-1-3-23-11/h1-6,21H,7H2,(H,17,22)(H,19,20)/b18-6-. The molecule has 0 saturated carbocycles. The summed E-state index contributed by atoms with van der Waals surface area (Å²) in [5.74, 6) is -0.773. The summed E-state index contributed by atoms with van der Waals surface area (Å²) in [5, 5.41) is 15.8. The normalized spacial score (nSPS) is 10.7. The molecule has 1 heterocycles. The number of halogens is 2. The van der Waals surface area contributed by atoms with Crippen molar-refractivity contribution in [2.24, 2.45) is 5.10 Å². The Morgan fingerprint density at radius 3 is 2.61 bits per heavy atom. The fourth-order valence-electron chi connectivity index (χ4n) is 1.53. The number of benzene rings is 1. The van der Waals surface area contributed by atoms with Gasteiger partial charge in [0.1, 0.15) is 5.75 Å². The molecule has 9 heteroatoms. The van der Waals surface area contributed by atoms with E-state index < -0.39 is 11.8 Å². The first-order valence-electron chi connectivity index (χ1n) is 6.29. The van der Waals surface area contributed by atoms with Crippen LogP contribution in [0.3, 0.4) is 0 Å². The van der Waals surface area contributed by atoms with Crippen molar-refractivity contribution in [2.75, 3.05) is 6.54 Å². The molecular formula is C14H11Br2N3O4. The monoisotopic (exact) mass is 443 g/mol. The Kier molecular flexibility index (Phi) is 5.94. The molecule has 0 unspecified atom stereocenters. The zero-order valence-corrected chi connectivity index (χ0v) is 14.7. The van der Waals surface area contributed by atoms with Crippen LogP contribution in [-0.4, -0.2) is 29.7 Å². The van der Waals surface area contributed by atoms with Crippen LogP contribution in [-0.2, 0) is 4.79 Å². The average Bonchev–Trinajstić information content (AvgIpc) is 3.04. The van der Waals surface area contributed by atoms with Gasteiger partial charge in [-0.05, 0) is 61.7 Å². The predicted molar refractivity (Wildman–Crippen MR) is 90.3 cm³/mol. The van der Waals surface area contributed by atoms with Crippen molar-refractivity contribution in [3.63, 3.8) is 0 Å². The Hall–Kier alpha value is -2.13. The number of furan rings is 1. The zero-order chi connectivity index (χ0) is 16.8. The Bertz CT molecular complexity index is 721. The fourth-order valence-corrected chi connectivity index (χ4v) is 2.76. The first kappa shape index (κ1) is 17.2. The second kappa shape index (κ2) is 7.93. The van der Waals surface area contributed by atoms with Crippen LogP contribution in [0.5, 0.6) is 5.75 Å². The van der Waals surface area contributed by atoms with Gasteiger partial charge < -0.3 is 14.8 Å². The molecule has 0 aliphatic carbocycles. The minimum absolute atomic E-state index is 0.0758. The minimum Gasteiger partial charge on any atom is -0.506 e. The number of hydrogen-bond acceptors (Lipinski definition) is 5. The van der Waals surface area contributed by atoms with E-state index in [1.165, 1.54) is 18.5 Å². The number of phenolic OH excluding ortho intramolecular Hbond substituents is 1. The van der Waals surface area contributed by atoms with Crippen molar-refractivity contribution >= 4 is 49.9 Å². The van der Waals surface area contributed by atoms with Crippen LogP contribution in [0.4, 0.5) is 0 Å². The van der Waals surface area contributed by atoms with Crippen molar-refractivity contribution in [1.29, 1.82) is 0 Å². The predicted octanol–water partition coefficient (Wildman–Crippen LogP) is 2.39. The Morgan fingerprint density at radius 2 is 2.00 bits per heavy atom. The van der Waals surface area contributed by atoms with E-state index in [-0.39, 0.29) is 18.1 Å². The molecule has 0 bridgehead atoms. The molecule has 23 heavy (non-hydrogen) atoms. The van der Waals surface area contributed by atoms with Crippen molar-refractivity contribution in [3.8, 4) is 5.75 Å². The molecule has 2 amide bonds. The van der Waals surface area contributed by atoms with Gasteiger partial charge in [-0.1, -0.05) is 0 Å². The third-order valence-corrected chi connectivity index (χ3v) is 3.81. The van der Waals surface area contributed by atoms with E-state index in [9.17, 15) is 14.7 Å². The highest BCUT2D eigenvalue weighted by atomic mass is 79.9. The van der Waals surface area contributed by atoms with Crippen molar-refractivity contribution in [1.82, 2.24) is 10.7 Å². The second-order valence-electron chi connectivity index (χ2n) is 4.29. The third-order valence-electron chi connectivity index (χ3n) is 2.60. The van der Waals surface area contributed by atoms with Crippen LogP contribution >= 0.6 is 31.9 Å². The van der Waals surface area contributed by atoms with Crippen molar-refractivity contribution in [2.45, 2.75) is 0 Å². The topological polar surface area (TPSA) is 104 Å². The van der Waals surface area contributed by atoms with Crippen LogP contribution in [0.15, 0.2) is 49.0 Å². The van der Waals surface area contributed by atoms with Gasteiger partial charge >= 0.3 is 0 Å². The maximum atomic E-state index is 11.6. The van der Waals surface area contributed by atoms with E-state index in [0.29, 0.717) is 14.5 Å². The van der Waals surface area contributed by atoms with Crippen molar-refractivity contribution < 1.29 is 19.1 Å². The number of nitrogens with zero attached hydrogens (tertiary/aromatic N) is 1. The average molecular weight is 445 g/mol. The van der Waals surface area contributed by atoms with Gasteiger partial charge in [0.2, 0.25) is 0 Å². The van der Waals surface area contributed by atoms with Crippen LogP contribution in [0.2, 0.25) is 0 Å². The number of amides is 2. The summed E-state index contributed by atoms with van der Waals surface area (Å²) < 4.78 is 5.88. The highest BCUT2D eigenvalue weighted by molar-refractivity contribution is 9.11. The lowest BCUT2D eigenvalue weighted by Gasteiger charge is -2.03. The Balaban J connectivity index is 1.83. The molecule has 1 aromatic carbocycles. The molecule has 0 spiro atoms. The van der Waals surface area contributed by atoms with Gasteiger partial charge in [-0.2, -0.15) is 5.10 Å². The maximum absolute atomic E-state index is 11.6. The van der Waals surface area contributed by atoms with Gasteiger partial charge in [0, 0.05) is 0 Å². The summed E-state index contributed by atoms with van der Waals surface area (Å²) in [4.78, 5) is 23.1. The molecule has 0 aliphatic heterocycles. The maximum Gasteiger partial charge on any atom is 0.287 e. The van der Waals surface area contributed by atoms with Crippen LogP contribution in [0, 0.1) is 0 Å². The number of hydrogen-bond donors (Lipinski definition) is 3. The van der Waals surface area contributed by atoms with Crippen LogP contribution in [0.1, 0.15) is 16.1 Å². The summed E-state index contributed by atoms with van der Waals surface area (Å²) in [6.45, 7) is -0.236. The van der Waals surface area contributed by atoms with E-state index >= 15 is 0 Å². The summed E-state index contributed by atoms with van der Waals surface area (Å²) >= 11 is 6.38. The summed E-state index contributed by atoms with van der Waals surface area (Å²) in [6, 6.07) is 6.34. The number of carbonyl (C=O) groups is 2. The molecule has 2 aromatic rings. The number of rotatable bonds is 5. The van der Waals surface area contributed by atoms with Gasteiger partial charge in [-0.3, -0.25) is 9.59 Å². The van der Waals surface area contributed by atoms with E-state index in [1.807, 2.05) is 0 Å².